The van der Waals surface area contributed by atoms with Crippen LogP contribution in [0.1, 0.15) is 62.1 Å². The first-order chi connectivity index (χ1) is 21.2. The van der Waals surface area contributed by atoms with Gasteiger partial charge in [0.2, 0.25) is 0 Å². The van der Waals surface area contributed by atoms with E-state index in [9.17, 15) is 44.1 Å². The Hall–Kier alpha value is -4.65. The summed E-state index contributed by atoms with van der Waals surface area (Å²) in [5.41, 5.74) is -0.610. The number of phenols is 3. The lowest BCUT2D eigenvalue weighted by Gasteiger charge is -2.26. The van der Waals surface area contributed by atoms with Crippen LogP contribution in [-0.2, 0) is 0 Å². The van der Waals surface area contributed by atoms with Crippen LogP contribution in [0.15, 0.2) is 54.6 Å². The number of nitrogens with zero attached hydrogens (tertiary/aromatic N) is 3. The number of amides is 3. The zero-order chi connectivity index (χ0) is 33.0. The van der Waals surface area contributed by atoms with Gasteiger partial charge in [0, 0.05) is 72.6 Å². The molecule has 0 unspecified atom stereocenters. The highest BCUT2D eigenvalue weighted by molar-refractivity contribution is 6.68. The molecule has 1 aliphatic heterocycles. The fourth-order valence-electron chi connectivity index (χ4n) is 4.76. The Morgan fingerprint density at radius 2 is 0.600 bits per heavy atom. The van der Waals surface area contributed by atoms with Gasteiger partial charge in [-0.2, -0.15) is 0 Å². The zero-order valence-electron chi connectivity index (χ0n) is 23.2. The first-order valence-corrected chi connectivity index (χ1v) is 14.4. The molecule has 0 saturated carbocycles. The van der Waals surface area contributed by atoms with Crippen LogP contribution in [-0.4, -0.2) is 103 Å². The van der Waals surface area contributed by atoms with E-state index < -0.39 is 33.4 Å². The maximum absolute atomic E-state index is 13.6. The molecule has 3 amide bonds. The minimum Gasteiger partial charge on any atom is -0.508 e. The second-order valence-electron chi connectivity index (χ2n) is 10.0. The summed E-state index contributed by atoms with van der Waals surface area (Å²) in [5.74, 6) is -3.09. The van der Waals surface area contributed by atoms with E-state index in [0.29, 0.717) is 0 Å². The smallest absolute Gasteiger partial charge is 0.254 e. The van der Waals surface area contributed by atoms with Gasteiger partial charge >= 0.3 is 0 Å². The minimum absolute atomic E-state index is 0.0659. The minimum atomic E-state index is -0.903. The van der Waals surface area contributed by atoms with Gasteiger partial charge in [-0.15, -0.1) is 0 Å². The number of benzene rings is 3. The number of aromatic hydroxyl groups is 3. The van der Waals surface area contributed by atoms with Gasteiger partial charge in [-0.05, 0) is 89.4 Å². The third-order valence-electron chi connectivity index (χ3n) is 6.96. The highest BCUT2D eigenvalue weighted by Crippen LogP contribution is 2.23. The van der Waals surface area contributed by atoms with Crippen molar-refractivity contribution in [3.8, 4) is 17.2 Å². The van der Waals surface area contributed by atoms with Gasteiger partial charge in [0.15, 0.2) is 0 Å². The highest BCUT2D eigenvalue weighted by atomic mass is 35.5. The number of rotatable bonds is 6. The molecule has 1 heterocycles. The average Bonchev–Trinajstić information content (AvgIpc) is 3.09. The van der Waals surface area contributed by atoms with Crippen molar-refractivity contribution < 1.29 is 44.1 Å². The normalized spacial score (nSPS) is 13.8. The summed E-state index contributed by atoms with van der Waals surface area (Å²) >= 11 is 16.7. The number of halogens is 3. The molecule has 0 spiro atoms. The van der Waals surface area contributed by atoms with E-state index in [1.54, 1.807) is 0 Å². The Morgan fingerprint density at radius 3 is 0.800 bits per heavy atom. The molecule has 15 heteroatoms. The molecule has 12 nitrogen and oxygen atoms in total. The molecule has 1 fully saturated rings. The molecule has 3 N–H and O–H groups in total. The molecule has 3 aromatic rings. The molecule has 45 heavy (non-hydrogen) atoms. The van der Waals surface area contributed by atoms with E-state index in [0.717, 1.165) is 36.4 Å². The molecule has 3 aromatic carbocycles. The van der Waals surface area contributed by atoms with Crippen molar-refractivity contribution in [2.75, 3.05) is 39.3 Å². The van der Waals surface area contributed by atoms with Crippen LogP contribution in [0.5, 0.6) is 17.2 Å². The monoisotopic (exact) mass is 675 g/mol. The van der Waals surface area contributed by atoms with Crippen LogP contribution in [0.2, 0.25) is 0 Å². The standard InChI is InChI=1S/C30H24Cl3N3O9/c31-25(40)16-7-19(13-22(37)10-16)28(43)34-1-2-35(29(44)20-8-17(26(32)41)11-23(38)14-20)5-6-36(4-3-34)30(45)21-9-18(27(33)42)12-24(39)15-21/h7-15,37-39H,1-6H2. The van der Waals surface area contributed by atoms with Crippen molar-refractivity contribution in [1.29, 1.82) is 0 Å². The Bertz CT molecular complexity index is 1520. The first kappa shape index (κ1) is 33.2. The number of hydrogen-bond acceptors (Lipinski definition) is 9. The molecule has 0 radical (unpaired) electrons. The van der Waals surface area contributed by atoms with Crippen molar-refractivity contribution in [1.82, 2.24) is 14.7 Å². The molecule has 0 aromatic heterocycles. The van der Waals surface area contributed by atoms with E-state index in [2.05, 4.69) is 0 Å². The van der Waals surface area contributed by atoms with Crippen LogP contribution in [0.4, 0.5) is 0 Å². The molecule has 0 aliphatic carbocycles. The van der Waals surface area contributed by atoms with Crippen LogP contribution in [0.3, 0.4) is 0 Å². The molecule has 1 aliphatic rings. The van der Waals surface area contributed by atoms with Crippen molar-refractivity contribution >= 4 is 68.3 Å². The third-order valence-corrected chi connectivity index (χ3v) is 7.61. The maximum Gasteiger partial charge on any atom is 0.254 e. The lowest BCUT2D eigenvalue weighted by Crippen LogP contribution is -2.41. The van der Waals surface area contributed by atoms with Crippen LogP contribution in [0, 0.1) is 0 Å². The quantitative estimate of drug-likeness (QED) is 0.329. The fourth-order valence-corrected chi connectivity index (χ4v) is 5.09. The second-order valence-corrected chi connectivity index (χ2v) is 11.0. The number of carbonyl (C=O) groups excluding carboxylic acids is 6. The fraction of sp³-hybridized carbons (Fsp3) is 0.200. The Kier molecular flexibility index (Phi) is 10.3. The summed E-state index contributed by atoms with van der Waals surface area (Å²) in [4.78, 5) is 79.9. The summed E-state index contributed by atoms with van der Waals surface area (Å²) in [5, 5.41) is 27.6. The Labute approximate surface area is 270 Å². The molecular formula is C30H24Cl3N3O9. The van der Waals surface area contributed by atoms with Gasteiger partial charge in [-0.3, -0.25) is 28.8 Å². The second kappa shape index (κ2) is 14.0. The lowest BCUT2D eigenvalue weighted by molar-refractivity contribution is 0.0679. The number of hydrogen-bond donors (Lipinski definition) is 3. The van der Waals surface area contributed by atoms with E-state index in [4.69, 9.17) is 34.8 Å². The zero-order valence-corrected chi connectivity index (χ0v) is 25.5. The average molecular weight is 677 g/mol. The van der Waals surface area contributed by atoms with E-state index in [1.807, 2.05) is 0 Å². The summed E-state index contributed by atoms with van der Waals surface area (Å²) in [6.45, 7) is -0.396. The number of phenolic OH excluding ortho intramolecular Hbond substituents is 3. The molecule has 0 atom stereocenters. The van der Waals surface area contributed by atoms with Gasteiger partial charge in [-0.1, -0.05) is 0 Å². The highest BCUT2D eigenvalue weighted by Gasteiger charge is 2.28. The summed E-state index contributed by atoms with van der Waals surface area (Å²) in [6, 6.07) is 10.3. The van der Waals surface area contributed by atoms with Gasteiger partial charge < -0.3 is 30.0 Å². The predicted octanol–water partition coefficient (Wildman–Crippen LogP) is 3.68. The molecule has 4 rings (SSSR count). The topological polar surface area (TPSA) is 173 Å². The summed E-state index contributed by atoms with van der Waals surface area (Å²) < 4.78 is 0. The first-order valence-electron chi connectivity index (χ1n) is 13.2. The van der Waals surface area contributed by atoms with Crippen molar-refractivity contribution in [2.45, 2.75) is 0 Å². The van der Waals surface area contributed by atoms with Gasteiger partial charge in [0.1, 0.15) is 17.2 Å². The third kappa shape index (κ3) is 8.09. The van der Waals surface area contributed by atoms with E-state index in [1.165, 1.54) is 32.9 Å². The molecule has 234 valence electrons. The van der Waals surface area contributed by atoms with Crippen molar-refractivity contribution in [2.24, 2.45) is 0 Å². The molecular weight excluding hydrogens is 653 g/mol. The van der Waals surface area contributed by atoms with Crippen molar-refractivity contribution in [3.05, 3.63) is 88.0 Å². The van der Waals surface area contributed by atoms with Gasteiger partial charge in [-0.25, -0.2) is 0 Å². The molecule has 0 bridgehead atoms. The summed E-state index contributed by atoms with van der Waals surface area (Å²) in [6.07, 6.45) is 0. The van der Waals surface area contributed by atoms with Gasteiger partial charge in [0.25, 0.3) is 33.4 Å². The Balaban J connectivity index is 1.71. The summed E-state index contributed by atoms with van der Waals surface area (Å²) in [7, 11) is 0. The van der Waals surface area contributed by atoms with Crippen molar-refractivity contribution in [3.63, 3.8) is 0 Å². The van der Waals surface area contributed by atoms with E-state index >= 15 is 0 Å². The number of carbonyl (C=O) groups is 6. The van der Waals surface area contributed by atoms with Crippen LogP contribution < -0.4 is 0 Å². The Morgan fingerprint density at radius 1 is 0.400 bits per heavy atom. The van der Waals surface area contributed by atoms with E-state index in [-0.39, 0.29) is 89.9 Å². The molecule has 1 saturated heterocycles. The van der Waals surface area contributed by atoms with Crippen LogP contribution >= 0.6 is 34.8 Å². The maximum atomic E-state index is 13.6. The van der Waals surface area contributed by atoms with Crippen LogP contribution in [0.25, 0.3) is 0 Å². The largest absolute Gasteiger partial charge is 0.508 e. The lowest BCUT2D eigenvalue weighted by atomic mass is 10.1. The predicted molar refractivity (Wildman–Crippen MR) is 163 cm³/mol. The SMILES string of the molecule is O=C(Cl)c1cc(O)cc(C(=O)N2CCN(C(=O)c3cc(O)cc(C(=O)Cl)c3)CCN(C(=O)c3cc(O)cc(C(=O)Cl)c3)CC2)c1. The van der Waals surface area contributed by atoms with Gasteiger partial charge in [0.05, 0.1) is 0 Å².